The Morgan fingerprint density at radius 2 is 2.12 bits per heavy atom. The minimum absolute atomic E-state index is 0.00102. The van der Waals surface area contributed by atoms with Crippen LogP contribution in [0.2, 0.25) is 0 Å². The summed E-state index contributed by atoms with van der Waals surface area (Å²) in [6, 6.07) is 7.29. The van der Waals surface area contributed by atoms with Crippen molar-refractivity contribution in [1.29, 1.82) is 0 Å². The second kappa shape index (κ2) is 5.96. The Labute approximate surface area is 145 Å². The molecule has 8 nitrogen and oxygen atoms in total. The highest BCUT2D eigenvalue weighted by Gasteiger charge is 2.48. The molecule has 1 fully saturated rings. The van der Waals surface area contributed by atoms with Crippen LogP contribution >= 0.6 is 0 Å². The van der Waals surface area contributed by atoms with Crippen LogP contribution < -0.4 is 11.1 Å². The Bertz CT molecular complexity index is 812. The number of nitrogens with zero attached hydrogens (tertiary/aromatic N) is 4. The molecule has 0 spiro atoms. The number of pyridine rings is 1. The Balaban J connectivity index is 1.41. The molecule has 2 aromatic rings. The van der Waals surface area contributed by atoms with Gasteiger partial charge in [0.1, 0.15) is 0 Å². The van der Waals surface area contributed by atoms with Crippen molar-refractivity contribution in [3.05, 3.63) is 47.5 Å². The molecule has 2 aromatic heterocycles. The number of amides is 2. The Hall–Kier alpha value is -2.74. The normalized spacial score (nSPS) is 17.7. The minimum atomic E-state index is -0.662. The molecule has 3 N–H and O–H groups in total. The van der Waals surface area contributed by atoms with Gasteiger partial charge in [-0.2, -0.15) is 5.10 Å². The van der Waals surface area contributed by atoms with Crippen molar-refractivity contribution in [2.45, 2.75) is 38.0 Å². The van der Waals surface area contributed by atoms with E-state index in [4.69, 9.17) is 5.73 Å². The molecule has 2 amide bonds. The lowest BCUT2D eigenvalue weighted by molar-refractivity contribution is -0.135. The summed E-state index contributed by atoms with van der Waals surface area (Å²) in [5, 5.41) is 7.16. The molecule has 2 aliphatic rings. The Morgan fingerprint density at radius 3 is 2.84 bits per heavy atom. The fourth-order valence-electron chi connectivity index (χ4n) is 2.98. The van der Waals surface area contributed by atoms with Crippen molar-refractivity contribution >= 4 is 11.8 Å². The standard InChI is InChI=1S/C17H20N6O2/c18-17(4-5-17)16(25)22-7-8-23-13(11-22)9-14(21-23)15(24)20-10-12-3-1-2-6-19-12/h1-3,6,9H,4-5,7-8,10-11,18H2,(H,20,24). The van der Waals surface area contributed by atoms with Gasteiger partial charge in [0.25, 0.3) is 5.91 Å². The number of carbonyl (C=O) groups excluding carboxylic acids is 2. The first-order chi connectivity index (χ1) is 12.0. The summed E-state index contributed by atoms with van der Waals surface area (Å²) in [5.74, 6) is -0.246. The van der Waals surface area contributed by atoms with Gasteiger partial charge in [0, 0.05) is 12.7 Å². The lowest BCUT2D eigenvalue weighted by atomic mass is 10.2. The van der Waals surface area contributed by atoms with Crippen molar-refractivity contribution < 1.29 is 9.59 Å². The number of fused-ring (bicyclic) bond motifs is 1. The van der Waals surface area contributed by atoms with Crippen molar-refractivity contribution in [2.75, 3.05) is 6.54 Å². The second-order valence-corrected chi connectivity index (χ2v) is 6.63. The average Bonchev–Trinajstić information content (AvgIpc) is 3.24. The summed E-state index contributed by atoms with van der Waals surface area (Å²) < 4.78 is 1.79. The topological polar surface area (TPSA) is 106 Å². The van der Waals surface area contributed by atoms with E-state index in [9.17, 15) is 9.59 Å². The molecular weight excluding hydrogens is 320 g/mol. The number of rotatable bonds is 4. The van der Waals surface area contributed by atoms with E-state index in [-0.39, 0.29) is 11.8 Å². The first-order valence-corrected chi connectivity index (χ1v) is 8.38. The highest BCUT2D eigenvalue weighted by molar-refractivity contribution is 5.92. The van der Waals surface area contributed by atoms with Crippen LogP contribution in [-0.4, -0.2) is 43.6 Å². The SMILES string of the molecule is NC1(C(=O)N2CCn3nc(C(=O)NCc4ccccn4)cc3C2)CC1. The van der Waals surface area contributed by atoms with Crippen molar-refractivity contribution in [3.8, 4) is 0 Å². The number of nitrogens with one attached hydrogen (secondary N) is 1. The molecule has 130 valence electrons. The lowest BCUT2D eigenvalue weighted by Gasteiger charge is -2.29. The maximum atomic E-state index is 12.4. The largest absolute Gasteiger partial charge is 0.345 e. The van der Waals surface area contributed by atoms with Gasteiger partial charge in [-0.05, 0) is 31.0 Å². The van der Waals surface area contributed by atoms with Crippen LogP contribution in [0.25, 0.3) is 0 Å². The molecule has 4 rings (SSSR count). The zero-order chi connectivity index (χ0) is 17.4. The van der Waals surface area contributed by atoms with Crippen LogP contribution in [0.15, 0.2) is 30.5 Å². The van der Waals surface area contributed by atoms with Gasteiger partial charge < -0.3 is 16.0 Å². The van der Waals surface area contributed by atoms with E-state index in [1.54, 1.807) is 21.8 Å². The smallest absolute Gasteiger partial charge is 0.272 e. The molecule has 1 saturated carbocycles. The number of hydrogen-bond donors (Lipinski definition) is 2. The van der Waals surface area contributed by atoms with E-state index in [1.165, 1.54) is 0 Å². The molecule has 0 unspecified atom stereocenters. The molecule has 3 heterocycles. The summed E-state index contributed by atoms with van der Waals surface area (Å²) in [4.78, 5) is 30.6. The van der Waals surface area contributed by atoms with Gasteiger partial charge in [0.15, 0.2) is 5.69 Å². The predicted molar refractivity (Wildman–Crippen MR) is 89.2 cm³/mol. The van der Waals surface area contributed by atoms with Gasteiger partial charge in [0.2, 0.25) is 5.91 Å². The van der Waals surface area contributed by atoms with Gasteiger partial charge in [-0.15, -0.1) is 0 Å². The Morgan fingerprint density at radius 1 is 1.28 bits per heavy atom. The van der Waals surface area contributed by atoms with E-state index < -0.39 is 5.54 Å². The fourth-order valence-corrected chi connectivity index (χ4v) is 2.98. The van der Waals surface area contributed by atoms with Gasteiger partial charge in [-0.25, -0.2) is 0 Å². The fraction of sp³-hybridized carbons (Fsp3) is 0.412. The summed E-state index contributed by atoms with van der Waals surface area (Å²) in [6.07, 6.45) is 3.19. The van der Waals surface area contributed by atoms with Gasteiger partial charge >= 0.3 is 0 Å². The van der Waals surface area contributed by atoms with Crippen LogP contribution in [-0.2, 0) is 24.4 Å². The van der Waals surface area contributed by atoms with Crippen molar-refractivity contribution in [1.82, 2.24) is 25.0 Å². The molecule has 0 atom stereocenters. The number of hydrogen-bond acceptors (Lipinski definition) is 5. The zero-order valence-corrected chi connectivity index (χ0v) is 13.8. The molecule has 1 aliphatic heterocycles. The van der Waals surface area contributed by atoms with E-state index in [1.807, 2.05) is 18.2 Å². The average molecular weight is 340 g/mol. The molecule has 0 saturated heterocycles. The van der Waals surface area contributed by atoms with E-state index in [2.05, 4.69) is 15.4 Å². The minimum Gasteiger partial charge on any atom is -0.345 e. The van der Waals surface area contributed by atoms with E-state index in [0.29, 0.717) is 31.9 Å². The maximum absolute atomic E-state index is 12.4. The third kappa shape index (κ3) is 3.12. The van der Waals surface area contributed by atoms with Crippen molar-refractivity contribution in [2.24, 2.45) is 5.73 Å². The second-order valence-electron chi connectivity index (χ2n) is 6.63. The molecular formula is C17H20N6O2. The molecule has 0 radical (unpaired) electrons. The van der Waals surface area contributed by atoms with Crippen LogP contribution in [0.3, 0.4) is 0 Å². The lowest BCUT2D eigenvalue weighted by Crippen LogP contribution is -2.48. The number of nitrogens with two attached hydrogens (primary N) is 1. The molecule has 8 heteroatoms. The van der Waals surface area contributed by atoms with Gasteiger partial charge in [-0.1, -0.05) is 6.07 Å². The summed E-state index contributed by atoms with van der Waals surface area (Å²) in [5.41, 5.74) is 7.34. The van der Waals surface area contributed by atoms with Crippen LogP contribution in [0.5, 0.6) is 0 Å². The molecule has 0 bridgehead atoms. The highest BCUT2D eigenvalue weighted by Crippen LogP contribution is 2.35. The van der Waals surface area contributed by atoms with E-state index >= 15 is 0 Å². The van der Waals surface area contributed by atoms with Gasteiger partial charge in [0.05, 0.1) is 36.6 Å². The maximum Gasteiger partial charge on any atom is 0.272 e. The first-order valence-electron chi connectivity index (χ1n) is 8.38. The monoisotopic (exact) mass is 340 g/mol. The number of carbonyl (C=O) groups is 2. The van der Waals surface area contributed by atoms with Crippen LogP contribution in [0, 0.1) is 0 Å². The van der Waals surface area contributed by atoms with Gasteiger partial charge in [-0.3, -0.25) is 19.3 Å². The quantitative estimate of drug-likeness (QED) is 0.817. The van der Waals surface area contributed by atoms with Crippen LogP contribution in [0.1, 0.15) is 34.7 Å². The van der Waals surface area contributed by atoms with Crippen molar-refractivity contribution in [3.63, 3.8) is 0 Å². The summed E-state index contributed by atoms with van der Waals surface area (Å²) in [6.45, 7) is 1.94. The first kappa shape index (κ1) is 15.8. The summed E-state index contributed by atoms with van der Waals surface area (Å²) in [7, 11) is 0. The van der Waals surface area contributed by atoms with Crippen LogP contribution in [0.4, 0.5) is 0 Å². The third-order valence-electron chi connectivity index (χ3n) is 4.69. The highest BCUT2D eigenvalue weighted by atomic mass is 16.2. The third-order valence-corrected chi connectivity index (χ3v) is 4.69. The summed E-state index contributed by atoms with van der Waals surface area (Å²) >= 11 is 0. The molecule has 0 aromatic carbocycles. The molecule has 25 heavy (non-hydrogen) atoms. The predicted octanol–water partition coefficient (Wildman–Crippen LogP) is 0.0416. The Kier molecular flexibility index (Phi) is 3.76. The zero-order valence-electron chi connectivity index (χ0n) is 13.8. The van der Waals surface area contributed by atoms with E-state index in [0.717, 1.165) is 24.2 Å². The molecule has 1 aliphatic carbocycles. The number of aromatic nitrogens is 3.